The van der Waals surface area contributed by atoms with E-state index in [1.807, 2.05) is 19.2 Å². The maximum atomic E-state index is 5.97. The van der Waals surface area contributed by atoms with Crippen LogP contribution in [0.1, 0.15) is 11.3 Å². The van der Waals surface area contributed by atoms with E-state index in [0.717, 1.165) is 17.9 Å². The highest BCUT2D eigenvalue weighted by Crippen LogP contribution is 2.31. The molecule has 3 heteroatoms. The van der Waals surface area contributed by atoms with Gasteiger partial charge in [-0.15, -0.1) is 0 Å². The number of nitrogens with one attached hydrogen (secondary N) is 2. The van der Waals surface area contributed by atoms with E-state index in [1.54, 1.807) is 0 Å². The lowest BCUT2D eigenvalue weighted by Crippen LogP contribution is -2.25. The van der Waals surface area contributed by atoms with Crippen molar-refractivity contribution in [3.05, 3.63) is 34.5 Å². The summed E-state index contributed by atoms with van der Waals surface area (Å²) in [5, 5.41) is 5.45. The molecule has 0 fully saturated rings. The van der Waals surface area contributed by atoms with E-state index in [4.69, 9.17) is 11.6 Å². The number of likely N-dealkylation sites (N-methyl/N-ethyl adjacent to an activating group) is 1. The van der Waals surface area contributed by atoms with Gasteiger partial charge in [0, 0.05) is 34.1 Å². The molecule has 0 saturated carbocycles. The standard InChI is InChI=1S/C12H13ClN2/c1-14-8-5-10-9-3-2-7(13)4-11(9)15-12(10)6-8/h2-4,8,14-15H,5-6H2,1H3. The second-order valence-electron chi connectivity index (χ2n) is 4.17. The second kappa shape index (κ2) is 3.26. The van der Waals surface area contributed by atoms with Crippen molar-refractivity contribution in [1.82, 2.24) is 10.3 Å². The van der Waals surface area contributed by atoms with Crippen molar-refractivity contribution in [3.8, 4) is 0 Å². The summed E-state index contributed by atoms with van der Waals surface area (Å²) < 4.78 is 0. The van der Waals surface area contributed by atoms with E-state index in [2.05, 4.69) is 16.4 Å². The predicted molar refractivity (Wildman–Crippen MR) is 63.6 cm³/mol. The fraction of sp³-hybridized carbons (Fsp3) is 0.333. The topological polar surface area (TPSA) is 27.8 Å². The molecule has 1 atom stereocenters. The molecule has 0 spiro atoms. The molecule has 0 radical (unpaired) electrons. The van der Waals surface area contributed by atoms with Gasteiger partial charge in [0.2, 0.25) is 0 Å². The molecule has 1 aromatic carbocycles. The molecule has 3 rings (SSSR count). The van der Waals surface area contributed by atoms with E-state index in [1.165, 1.54) is 22.2 Å². The van der Waals surface area contributed by atoms with Gasteiger partial charge in [-0.25, -0.2) is 0 Å². The Kier molecular flexibility index (Phi) is 2.01. The largest absolute Gasteiger partial charge is 0.358 e. The highest BCUT2D eigenvalue weighted by Gasteiger charge is 2.23. The Morgan fingerprint density at radius 1 is 1.40 bits per heavy atom. The van der Waals surface area contributed by atoms with Gasteiger partial charge in [-0.3, -0.25) is 0 Å². The van der Waals surface area contributed by atoms with Crippen LogP contribution < -0.4 is 5.32 Å². The molecule has 0 bridgehead atoms. The van der Waals surface area contributed by atoms with Crippen molar-refractivity contribution in [2.24, 2.45) is 0 Å². The molecular weight excluding hydrogens is 208 g/mol. The normalized spacial score (nSPS) is 19.7. The Bertz CT molecular complexity index is 516. The van der Waals surface area contributed by atoms with E-state index in [9.17, 15) is 0 Å². The number of halogens is 1. The Hall–Kier alpha value is -0.990. The van der Waals surface area contributed by atoms with Crippen molar-refractivity contribution in [1.29, 1.82) is 0 Å². The first-order valence-corrected chi connectivity index (χ1v) is 5.62. The summed E-state index contributed by atoms with van der Waals surface area (Å²) in [4.78, 5) is 3.46. The van der Waals surface area contributed by atoms with Crippen molar-refractivity contribution in [2.45, 2.75) is 18.9 Å². The quantitative estimate of drug-likeness (QED) is 0.760. The molecule has 15 heavy (non-hydrogen) atoms. The third-order valence-corrected chi connectivity index (χ3v) is 3.50. The SMILES string of the molecule is CNC1Cc2[nH]c3cc(Cl)ccc3c2C1. The summed E-state index contributed by atoms with van der Waals surface area (Å²) in [6.07, 6.45) is 2.21. The summed E-state index contributed by atoms with van der Waals surface area (Å²) in [5.74, 6) is 0. The molecule has 2 aromatic rings. The molecule has 1 heterocycles. The molecule has 0 aliphatic heterocycles. The molecule has 0 amide bonds. The monoisotopic (exact) mass is 220 g/mol. The number of fused-ring (bicyclic) bond motifs is 3. The maximum absolute atomic E-state index is 5.97. The van der Waals surface area contributed by atoms with Crippen LogP contribution >= 0.6 is 11.6 Å². The van der Waals surface area contributed by atoms with Gasteiger partial charge in [0.1, 0.15) is 0 Å². The van der Waals surface area contributed by atoms with E-state index in [-0.39, 0.29) is 0 Å². The predicted octanol–water partition coefficient (Wildman–Crippen LogP) is 2.51. The van der Waals surface area contributed by atoms with Crippen molar-refractivity contribution >= 4 is 22.5 Å². The second-order valence-corrected chi connectivity index (χ2v) is 4.60. The number of H-pyrrole nitrogens is 1. The van der Waals surface area contributed by atoms with Crippen LogP contribution in [0.4, 0.5) is 0 Å². The fourth-order valence-corrected chi connectivity index (χ4v) is 2.63. The van der Waals surface area contributed by atoms with E-state index in [0.29, 0.717) is 6.04 Å². The van der Waals surface area contributed by atoms with Gasteiger partial charge in [0.25, 0.3) is 0 Å². The zero-order valence-electron chi connectivity index (χ0n) is 8.60. The van der Waals surface area contributed by atoms with Gasteiger partial charge in [0.15, 0.2) is 0 Å². The average molecular weight is 221 g/mol. The van der Waals surface area contributed by atoms with Crippen LogP contribution in [0.15, 0.2) is 18.2 Å². The highest BCUT2D eigenvalue weighted by molar-refractivity contribution is 6.31. The van der Waals surface area contributed by atoms with Gasteiger partial charge in [-0.1, -0.05) is 17.7 Å². The number of hydrogen-bond donors (Lipinski definition) is 2. The Morgan fingerprint density at radius 3 is 3.07 bits per heavy atom. The molecule has 2 N–H and O–H groups in total. The van der Waals surface area contributed by atoms with Crippen LogP contribution in [0.25, 0.3) is 10.9 Å². The minimum Gasteiger partial charge on any atom is -0.358 e. The number of rotatable bonds is 1. The summed E-state index contributed by atoms with van der Waals surface area (Å²) in [7, 11) is 2.02. The highest BCUT2D eigenvalue weighted by atomic mass is 35.5. The third kappa shape index (κ3) is 1.36. The lowest BCUT2D eigenvalue weighted by molar-refractivity contribution is 0.591. The van der Waals surface area contributed by atoms with Gasteiger partial charge >= 0.3 is 0 Å². The number of benzene rings is 1. The van der Waals surface area contributed by atoms with Crippen LogP contribution in [-0.2, 0) is 12.8 Å². The van der Waals surface area contributed by atoms with Crippen molar-refractivity contribution < 1.29 is 0 Å². The minimum atomic E-state index is 0.589. The van der Waals surface area contributed by atoms with Crippen molar-refractivity contribution in [3.63, 3.8) is 0 Å². The fourth-order valence-electron chi connectivity index (χ4n) is 2.46. The first kappa shape index (κ1) is 9.25. The van der Waals surface area contributed by atoms with Crippen LogP contribution in [0.5, 0.6) is 0 Å². The maximum Gasteiger partial charge on any atom is 0.0473 e. The number of aromatic nitrogens is 1. The van der Waals surface area contributed by atoms with Crippen LogP contribution in [0.2, 0.25) is 5.02 Å². The van der Waals surface area contributed by atoms with Crippen molar-refractivity contribution in [2.75, 3.05) is 7.05 Å². The molecular formula is C12H13ClN2. The molecule has 0 saturated heterocycles. The molecule has 1 unspecified atom stereocenters. The average Bonchev–Trinajstić information content (AvgIpc) is 2.73. The summed E-state index contributed by atoms with van der Waals surface area (Å²) >= 11 is 5.97. The van der Waals surface area contributed by atoms with Crippen LogP contribution in [-0.4, -0.2) is 18.1 Å². The zero-order valence-corrected chi connectivity index (χ0v) is 9.36. The Balaban J connectivity index is 2.15. The lowest BCUT2D eigenvalue weighted by Gasteiger charge is -2.06. The van der Waals surface area contributed by atoms with Gasteiger partial charge in [-0.05, 0) is 31.2 Å². The molecule has 1 aromatic heterocycles. The Morgan fingerprint density at radius 2 is 2.27 bits per heavy atom. The Labute approximate surface area is 93.6 Å². The molecule has 1 aliphatic carbocycles. The van der Waals surface area contributed by atoms with Crippen LogP contribution in [0.3, 0.4) is 0 Å². The molecule has 1 aliphatic rings. The van der Waals surface area contributed by atoms with Gasteiger partial charge in [-0.2, -0.15) is 0 Å². The summed E-state index contributed by atoms with van der Waals surface area (Å²) in [6, 6.07) is 6.67. The van der Waals surface area contributed by atoms with Gasteiger partial charge < -0.3 is 10.3 Å². The summed E-state index contributed by atoms with van der Waals surface area (Å²) in [6.45, 7) is 0. The first-order chi connectivity index (χ1) is 7.28. The summed E-state index contributed by atoms with van der Waals surface area (Å²) in [5.41, 5.74) is 4.00. The number of aromatic amines is 1. The molecule has 2 nitrogen and oxygen atoms in total. The third-order valence-electron chi connectivity index (χ3n) is 3.27. The minimum absolute atomic E-state index is 0.589. The molecule has 78 valence electrons. The lowest BCUT2D eigenvalue weighted by atomic mass is 10.1. The van der Waals surface area contributed by atoms with Gasteiger partial charge in [0.05, 0.1) is 0 Å². The van der Waals surface area contributed by atoms with E-state index < -0.39 is 0 Å². The van der Waals surface area contributed by atoms with E-state index >= 15 is 0 Å². The smallest absolute Gasteiger partial charge is 0.0473 e. The van der Waals surface area contributed by atoms with Crippen LogP contribution in [0, 0.1) is 0 Å². The first-order valence-electron chi connectivity index (χ1n) is 5.24. The zero-order chi connectivity index (χ0) is 10.4. The number of hydrogen-bond acceptors (Lipinski definition) is 1.